The summed E-state index contributed by atoms with van der Waals surface area (Å²) in [5, 5.41) is 0. The van der Waals surface area contributed by atoms with E-state index in [1.54, 1.807) is 0 Å². The lowest BCUT2D eigenvalue weighted by Gasteiger charge is -2.42. The van der Waals surface area contributed by atoms with Gasteiger partial charge >= 0.3 is 0 Å². The predicted molar refractivity (Wildman–Crippen MR) is 107 cm³/mol. The molecule has 146 valence electrons. The van der Waals surface area contributed by atoms with Gasteiger partial charge in [-0.25, -0.2) is 0 Å². The van der Waals surface area contributed by atoms with Gasteiger partial charge in [-0.2, -0.15) is 0 Å². The number of unbranched alkanes of at least 4 members (excludes halogenated alkanes) is 5. The Kier molecular flexibility index (Phi) is 9.47. The number of nitrogens with zero attached hydrogens (tertiary/aromatic N) is 2. The highest BCUT2D eigenvalue weighted by atomic mass is 16.1. The molecule has 2 rings (SSSR count). The van der Waals surface area contributed by atoms with Crippen molar-refractivity contribution in [2.75, 3.05) is 32.7 Å². The van der Waals surface area contributed by atoms with E-state index in [2.05, 4.69) is 30.6 Å². The average Bonchev–Trinajstić information content (AvgIpc) is 2.64. The number of carbonyl (C=O) groups is 1. The van der Waals surface area contributed by atoms with Crippen molar-refractivity contribution < 1.29 is 4.79 Å². The van der Waals surface area contributed by atoms with E-state index in [0.29, 0.717) is 11.7 Å². The standard InChI is InChI=1S/C22H42N2O/c1-4-5-6-7-8-9-14-23-15-17-24(18-16-23)21-12-10-20(11-13-21)22(25)19(2)3/h19-21H,4-18H2,1-3H3. The molecular formula is C22H42N2O. The van der Waals surface area contributed by atoms with Crippen LogP contribution in [0.15, 0.2) is 0 Å². The third-order valence-electron chi connectivity index (χ3n) is 6.42. The molecule has 0 aromatic heterocycles. The Morgan fingerprint density at radius 3 is 2.08 bits per heavy atom. The Balaban J connectivity index is 1.57. The molecular weight excluding hydrogens is 308 g/mol. The molecule has 1 heterocycles. The van der Waals surface area contributed by atoms with Gasteiger partial charge in [0.15, 0.2) is 0 Å². The van der Waals surface area contributed by atoms with Gasteiger partial charge < -0.3 is 4.90 Å². The Morgan fingerprint density at radius 2 is 1.48 bits per heavy atom. The molecule has 1 saturated carbocycles. The molecule has 2 aliphatic rings. The largest absolute Gasteiger partial charge is 0.301 e. The third kappa shape index (κ3) is 7.02. The Bertz CT molecular complexity index is 366. The van der Waals surface area contributed by atoms with Crippen molar-refractivity contribution in [1.29, 1.82) is 0 Å². The highest BCUT2D eigenvalue weighted by molar-refractivity contribution is 5.82. The minimum absolute atomic E-state index is 0.215. The van der Waals surface area contributed by atoms with Crippen LogP contribution in [0.2, 0.25) is 0 Å². The van der Waals surface area contributed by atoms with Crippen LogP contribution in [-0.2, 0) is 4.79 Å². The third-order valence-corrected chi connectivity index (χ3v) is 6.42. The molecule has 0 N–H and O–H groups in total. The second kappa shape index (κ2) is 11.3. The van der Waals surface area contributed by atoms with E-state index in [1.165, 1.54) is 84.1 Å². The van der Waals surface area contributed by atoms with Crippen molar-refractivity contribution in [3.05, 3.63) is 0 Å². The Labute approximate surface area is 156 Å². The van der Waals surface area contributed by atoms with Gasteiger partial charge in [0, 0.05) is 44.1 Å². The second-order valence-corrected chi connectivity index (χ2v) is 8.71. The molecule has 1 aliphatic carbocycles. The molecule has 0 atom stereocenters. The lowest BCUT2D eigenvalue weighted by molar-refractivity contribution is -0.127. The summed E-state index contributed by atoms with van der Waals surface area (Å²) in [6.45, 7) is 12.7. The number of ketones is 1. The topological polar surface area (TPSA) is 23.6 Å². The zero-order valence-electron chi connectivity index (χ0n) is 17.1. The number of carbonyl (C=O) groups excluding carboxylic acids is 1. The maximum Gasteiger partial charge on any atom is 0.138 e. The van der Waals surface area contributed by atoms with Gasteiger partial charge in [-0.15, -0.1) is 0 Å². The maximum absolute atomic E-state index is 12.2. The second-order valence-electron chi connectivity index (χ2n) is 8.71. The normalized spacial score (nSPS) is 26.2. The van der Waals surface area contributed by atoms with E-state index in [0.717, 1.165) is 18.9 Å². The molecule has 25 heavy (non-hydrogen) atoms. The van der Waals surface area contributed by atoms with Crippen LogP contribution >= 0.6 is 0 Å². The average molecular weight is 351 g/mol. The fourth-order valence-electron chi connectivity index (χ4n) is 4.66. The van der Waals surface area contributed by atoms with E-state index in [9.17, 15) is 4.79 Å². The van der Waals surface area contributed by atoms with Crippen molar-refractivity contribution in [3.8, 4) is 0 Å². The van der Waals surface area contributed by atoms with Gasteiger partial charge in [-0.05, 0) is 38.6 Å². The molecule has 2 fully saturated rings. The number of Topliss-reactive ketones (excluding diaryl/α,β-unsaturated/α-hetero) is 1. The maximum atomic E-state index is 12.2. The fraction of sp³-hybridized carbons (Fsp3) is 0.955. The number of hydrogen-bond donors (Lipinski definition) is 0. The molecule has 1 saturated heterocycles. The molecule has 1 aliphatic heterocycles. The van der Waals surface area contributed by atoms with E-state index in [1.807, 2.05) is 0 Å². The first kappa shape index (κ1) is 20.9. The van der Waals surface area contributed by atoms with Crippen LogP contribution in [0, 0.1) is 11.8 Å². The number of rotatable bonds is 10. The zero-order chi connectivity index (χ0) is 18.1. The molecule has 0 amide bonds. The minimum atomic E-state index is 0.215. The van der Waals surface area contributed by atoms with Crippen LogP contribution in [0.3, 0.4) is 0 Å². The summed E-state index contributed by atoms with van der Waals surface area (Å²) in [5.41, 5.74) is 0. The van der Waals surface area contributed by atoms with Crippen molar-refractivity contribution in [2.24, 2.45) is 11.8 Å². The highest BCUT2D eigenvalue weighted by Gasteiger charge is 2.31. The van der Waals surface area contributed by atoms with Crippen LogP contribution < -0.4 is 0 Å². The molecule has 0 unspecified atom stereocenters. The van der Waals surface area contributed by atoms with Crippen molar-refractivity contribution in [3.63, 3.8) is 0 Å². The number of hydrogen-bond acceptors (Lipinski definition) is 3. The molecule has 0 aromatic carbocycles. The summed E-state index contributed by atoms with van der Waals surface area (Å²) in [6.07, 6.45) is 13.1. The minimum Gasteiger partial charge on any atom is -0.301 e. The first-order valence-corrected chi connectivity index (χ1v) is 11.1. The van der Waals surface area contributed by atoms with Gasteiger partial charge in [0.1, 0.15) is 5.78 Å². The van der Waals surface area contributed by atoms with Crippen molar-refractivity contribution in [2.45, 2.75) is 91.0 Å². The Morgan fingerprint density at radius 1 is 0.880 bits per heavy atom. The molecule has 0 radical (unpaired) electrons. The Hall–Kier alpha value is -0.410. The van der Waals surface area contributed by atoms with E-state index >= 15 is 0 Å². The van der Waals surface area contributed by atoms with Crippen LogP contribution in [0.1, 0.15) is 85.0 Å². The summed E-state index contributed by atoms with van der Waals surface area (Å²) < 4.78 is 0. The summed E-state index contributed by atoms with van der Waals surface area (Å²) in [7, 11) is 0. The van der Waals surface area contributed by atoms with E-state index < -0.39 is 0 Å². The van der Waals surface area contributed by atoms with Gasteiger partial charge in [0.25, 0.3) is 0 Å². The molecule has 3 heteroatoms. The predicted octanol–water partition coefficient (Wildman–Crippen LogP) is 4.75. The van der Waals surface area contributed by atoms with E-state index in [4.69, 9.17) is 0 Å². The summed E-state index contributed by atoms with van der Waals surface area (Å²) in [4.78, 5) is 17.6. The van der Waals surface area contributed by atoms with Gasteiger partial charge in [0.05, 0.1) is 0 Å². The van der Waals surface area contributed by atoms with Crippen LogP contribution in [-0.4, -0.2) is 54.3 Å². The van der Waals surface area contributed by atoms with Gasteiger partial charge in [-0.3, -0.25) is 9.69 Å². The van der Waals surface area contributed by atoms with Crippen LogP contribution in [0.25, 0.3) is 0 Å². The van der Waals surface area contributed by atoms with Crippen molar-refractivity contribution in [1.82, 2.24) is 9.80 Å². The quantitative estimate of drug-likeness (QED) is 0.531. The first-order valence-electron chi connectivity index (χ1n) is 11.1. The first-order chi connectivity index (χ1) is 12.1. The smallest absolute Gasteiger partial charge is 0.138 e. The molecule has 0 aromatic rings. The van der Waals surface area contributed by atoms with Gasteiger partial charge in [-0.1, -0.05) is 52.9 Å². The molecule has 3 nitrogen and oxygen atoms in total. The summed E-state index contributed by atoms with van der Waals surface area (Å²) >= 11 is 0. The monoisotopic (exact) mass is 350 g/mol. The fourth-order valence-corrected chi connectivity index (χ4v) is 4.66. The van der Waals surface area contributed by atoms with Crippen molar-refractivity contribution >= 4 is 5.78 Å². The summed E-state index contributed by atoms with van der Waals surface area (Å²) in [5.74, 6) is 1.07. The van der Waals surface area contributed by atoms with Crippen LogP contribution in [0.4, 0.5) is 0 Å². The highest BCUT2D eigenvalue weighted by Crippen LogP contribution is 2.30. The number of piperazine rings is 1. The van der Waals surface area contributed by atoms with E-state index in [-0.39, 0.29) is 5.92 Å². The lowest BCUT2D eigenvalue weighted by atomic mass is 9.80. The molecule has 0 spiro atoms. The zero-order valence-corrected chi connectivity index (χ0v) is 17.1. The van der Waals surface area contributed by atoms with Gasteiger partial charge in [0.2, 0.25) is 0 Å². The SMILES string of the molecule is CCCCCCCCN1CCN(C2CCC(C(=O)C(C)C)CC2)CC1. The lowest BCUT2D eigenvalue weighted by Crippen LogP contribution is -2.51. The summed E-state index contributed by atoms with van der Waals surface area (Å²) in [6, 6.07) is 0.743. The molecule has 0 bridgehead atoms. The van der Waals surface area contributed by atoms with Crippen LogP contribution in [0.5, 0.6) is 0 Å².